The minimum Gasteiger partial charge on any atom is -0.337 e. The molecule has 4 nitrogen and oxygen atoms in total. The predicted molar refractivity (Wildman–Crippen MR) is 57.4 cm³/mol. The number of aromatic nitrogens is 1. The van der Waals surface area contributed by atoms with E-state index in [0.29, 0.717) is 18.2 Å². The van der Waals surface area contributed by atoms with Gasteiger partial charge in [0.25, 0.3) is 5.91 Å². The number of rotatable bonds is 2. The molecule has 0 unspecified atom stereocenters. The first kappa shape index (κ1) is 10.1. The van der Waals surface area contributed by atoms with Crippen molar-refractivity contribution >= 4 is 5.91 Å². The number of aryl methyl sites for hydroxylation is 1. The molecule has 1 saturated heterocycles. The van der Waals surface area contributed by atoms with Crippen LogP contribution in [-0.4, -0.2) is 35.4 Å². The van der Waals surface area contributed by atoms with Crippen molar-refractivity contribution in [3.05, 3.63) is 29.6 Å². The van der Waals surface area contributed by atoms with E-state index in [-0.39, 0.29) is 5.91 Å². The summed E-state index contributed by atoms with van der Waals surface area (Å²) in [5, 5.41) is 0. The van der Waals surface area contributed by atoms with E-state index in [9.17, 15) is 4.79 Å². The zero-order valence-corrected chi connectivity index (χ0v) is 8.81. The highest BCUT2D eigenvalue weighted by molar-refractivity contribution is 5.94. The Kier molecular flexibility index (Phi) is 2.68. The zero-order valence-electron chi connectivity index (χ0n) is 8.81. The highest BCUT2D eigenvalue weighted by Crippen LogP contribution is 2.17. The van der Waals surface area contributed by atoms with Crippen molar-refractivity contribution in [3.63, 3.8) is 0 Å². The topological polar surface area (TPSA) is 59.2 Å². The summed E-state index contributed by atoms with van der Waals surface area (Å²) in [6.45, 7) is 4.10. The van der Waals surface area contributed by atoms with E-state index in [1.807, 2.05) is 19.1 Å². The van der Waals surface area contributed by atoms with Crippen LogP contribution in [0.2, 0.25) is 0 Å². The van der Waals surface area contributed by atoms with Crippen LogP contribution in [0.3, 0.4) is 0 Å². The lowest BCUT2D eigenvalue weighted by atomic mass is 9.99. The molecule has 0 bridgehead atoms. The maximum Gasteiger partial charge on any atom is 0.272 e. The maximum atomic E-state index is 11.9. The van der Waals surface area contributed by atoms with Gasteiger partial charge in [0.1, 0.15) is 5.69 Å². The SMILES string of the molecule is Cc1cccnc1C(=O)N1CC(CN)C1. The van der Waals surface area contributed by atoms with Gasteiger partial charge in [0.15, 0.2) is 0 Å². The van der Waals surface area contributed by atoms with Crippen molar-refractivity contribution in [1.82, 2.24) is 9.88 Å². The average Bonchev–Trinajstić information content (AvgIpc) is 2.16. The maximum absolute atomic E-state index is 11.9. The summed E-state index contributed by atoms with van der Waals surface area (Å²) < 4.78 is 0. The normalized spacial score (nSPS) is 16.3. The summed E-state index contributed by atoms with van der Waals surface area (Å²) >= 11 is 0. The summed E-state index contributed by atoms with van der Waals surface area (Å²) in [7, 11) is 0. The number of likely N-dealkylation sites (tertiary alicyclic amines) is 1. The van der Waals surface area contributed by atoms with Gasteiger partial charge in [-0.3, -0.25) is 9.78 Å². The Balaban J connectivity index is 2.07. The standard InChI is InChI=1S/C11H15N3O/c1-8-3-2-4-13-10(8)11(15)14-6-9(5-12)7-14/h2-4,9H,5-7,12H2,1H3. The molecular weight excluding hydrogens is 190 g/mol. The molecule has 1 aliphatic heterocycles. The largest absolute Gasteiger partial charge is 0.337 e. The Labute approximate surface area is 89.1 Å². The van der Waals surface area contributed by atoms with Crippen LogP contribution in [0.5, 0.6) is 0 Å². The van der Waals surface area contributed by atoms with Crippen molar-refractivity contribution in [2.24, 2.45) is 11.7 Å². The van der Waals surface area contributed by atoms with Crippen molar-refractivity contribution in [2.45, 2.75) is 6.92 Å². The van der Waals surface area contributed by atoms with Crippen LogP contribution >= 0.6 is 0 Å². The number of hydrogen-bond acceptors (Lipinski definition) is 3. The lowest BCUT2D eigenvalue weighted by molar-refractivity contribution is 0.0508. The smallest absolute Gasteiger partial charge is 0.272 e. The van der Waals surface area contributed by atoms with Gasteiger partial charge in [-0.05, 0) is 25.1 Å². The van der Waals surface area contributed by atoms with Crippen molar-refractivity contribution < 1.29 is 4.79 Å². The van der Waals surface area contributed by atoms with Gasteiger partial charge >= 0.3 is 0 Å². The van der Waals surface area contributed by atoms with Gasteiger partial charge < -0.3 is 10.6 Å². The Hall–Kier alpha value is -1.42. The van der Waals surface area contributed by atoms with Gasteiger partial charge in [-0.2, -0.15) is 0 Å². The first-order chi connectivity index (χ1) is 7.22. The molecule has 80 valence electrons. The number of carbonyl (C=O) groups is 1. The fraction of sp³-hybridized carbons (Fsp3) is 0.455. The van der Waals surface area contributed by atoms with Gasteiger partial charge in [-0.25, -0.2) is 0 Å². The molecule has 2 N–H and O–H groups in total. The average molecular weight is 205 g/mol. The number of nitrogens with zero attached hydrogens (tertiary/aromatic N) is 2. The Morgan fingerprint density at radius 2 is 2.40 bits per heavy atom. The van der Waals surface area contributed by atoms with Gasteiger partial charge in [0.05, 0.1) is 0 Å². The third-order valence-electron chi connectivity index (χ3n) is 2.79. The van der Waals surface area contributed by atoms with Gasteiger partial charge in [-0.15, -0.1) is 0 Å². The summed E-state index contributed by atoms with van der Waals surface area (Å²) in [4.78, 5) is 17.8. The second kappa shape index (κ2) is 3.98. The molecule has 1 fully saturated rings. The molecule has 1 aromatic heterocycles. The van der Waals surface area contributed by atoms with Crippen LogP contribution in [0.4, 0.5) is 0 Å². The number of pyridine rings is 1. The van der Waals surface area contributed by atoms with Gasteiger partial charge in [0, 0.05) is 25.2 Å². The molecule has 0 spiro atoms. The Bertz CT molecular complexity index is 372. The molecule has 15 heavy (non-hydrogen) atoms. The second-order valence-electron chi connectivity index (χ2n) is 3.98. The van der Waals surface area contributed by atoms with E-state index < -0.39 is 0 Å². The van der Waals surface area contributed by atoms with Gasteiger partial charge in [-0.1, -0.05) is 6.07 Å². The van der Waals surface area contributed by atoms with E-state index >= 15 is 0 Å². The number of carbonyl (C=O) groups excluding carboxylic acids is 1. The third kappa shape index (κ3) is 1.85. The molecule has 0 aliphatic carbocycles. The number of amides is 1. The molecule has 0 atom stereocenters. The van der Waals surface area contributed by atoms with Crippen LogP contribution in [0, 0.1) is 12.8 Å². The lowest BCUT2D eigenvalue weighted by Crippen LogP contribution is -2.52. The molecule has 1 aromatic rings. The molecule has 0 aromatic carbocycles. The Morgan fingerprint density at radius 1 is 1.67 bits per heavy atom. The molecule has 1 amide bonds. The second-order valence-corrected chi connectivity index (χ2v) is 3.98. The summed E-state index contributed by atoms with van der Waals surface area (Å²) in [5.74, 6) is 0.496. The Morgan fingerprint density at radius 3 is 3.00 bits per heavy atom. The molecular formula is C11H15N3O. The van der Waals surface area contributed by atoms with Crippen LogP contribution in [0.1, 0.15) is 16.1 Å². The van der Waals surface area contributed by atoms with Crippen LogP contribution < -0.4 is 5.73 Å². The van der Waals surface area contributed by atoms with Crippen LogP contribution in [0.25, 0.3) is 0 Å². The summed E-state index contributed by atoms with van der Waals surface area (Å²) in [6.07, 6.45) is 1.65. The fourth-order valence-electron chi connectivity index (χ4n) is 1.74. The first-order valence-electron chi connectivity index (χ1n) is 5.13. The fourth-order valence-corrected chi connectivity index (χ4v) is 1.74. The molecule has 1 aliphatic rings. The van der Waals surface area contributed by atoms with E-state index in [1.54, 1.807) is 11.1 Å². The number of nitrogens with two attached hydrogens (primary N) is 1. The minimum atomic E-state index is 0.0257. The minimum absolute atomic E-state index is 0.0257. The monoisotopic (exact) mass is 205 g/mol. The van der Waals surface area contributed by atoms with E-state index in [2.05, 4.69) is 4.98 Å². The van der Waals surface area contributed by atoms with Gasteiger partial charge in [0.2, 0.25) is 0 Å². The van der Waals surface area contributed by atoms with E-state index in [0.717, 1.165) is 18.7 Å². The third-order valence-corrected chi connectivity index (χ3v) is 2.79. The first-order valence-corrected chi connectivity index (χ1v) is 5.13. The highest BCUT2D eigenvalue weighted by atomic mass is 16.2. The quantitative estimate of drug-likeness (QED) is 0.761. The predicted octanol–water partition coefficient (Wildman–Crippen LogP) is 0.421. The van der Waals surface area contributed by atoms with Crippen molar-refractivity contribution in [1.29, 1.82) is 0 Å². The van der Waals surface area contributed by atoms with Crippen LogP contribution in [-0.2, 0) is 0 Å². The van der Waals surface area contributed by atoms with E-state index in [1.165, 1.54) is 0 Å². The number of hydrogen-bond donors (Lipinski definition) is 1. The lowest BCUT2D eigenvalue weighted by Gasteiger charge is -2.38. The molecule has 2 rings (SSSR count). The van der Waals surface area contributed by atoms with Crippen LogP contribution in [0.15, 0.2) is 18.3 Å². The van der Waals surface area contributed by atoms with E-state index in [4.69, 9.17) is 5.73 Å². The molecule has 2 heterocycles. The molecule has 4 heteroatoms. The molecule has 0 radical (unpaired) electrons. The van der Waals surface area contributed by atoms with Crippen molar-refractivity contribution in [2.75, 3.05) is 19.6 Å². The highest BCUT2D eigenvalue weighted by Gasteiger charge is 2.31. The van der Waals surface area contributed by atoms with Crippen molar-refractivity contribution in [3.8, 4) is 0 Å². The zero-order chi connectivity index (χ0) is 10.8. The summed E-state index contributed by atoms with van der Waals surface area (Å²) in [5.41, 5.74) is 7.00. The molecule has 0 saturated carbocycles. The summed E-state index contributed by atoms with van der Waals surface area (Å²) in [6, 6.07) is 3.74.